The summed E-state index contributed by atoms with van der Waals surface area (Å²) in [5, 5.41) is 6.14. The molecule has 0 bridgehead atoms. The SMILES string of the molecule is CCOc1c(Cl)cc(/C=C/C(=O)Nc2cc(NC(=O)C3CC3)ccc2C)cc1OC. The van der Waals surface area contributed by atoms with E-state index in [1.54, 1.807) is 24.3 Å². The van der Waals surface area contributed by atoms with Crippen molar-refractivity contribution < 1.29 is 19.1 Å². The summed E-state index contributed by atoms with van der Waals surface area (Å²) < 4.78 is 10.8. The fourth-order valence-corrected chi connectivity index (χ4v) is 3.16. The Balaban J connectivity index is 1.70. The van der Waals surface area contributed by atoms with E-state index in [0.717, 1.165) is 18.4 Å². The second-order valence-electron chi connectivity index (χ2n) is 7.08. The average molecular weight is 429 g/mol. The summed E-state index contributed by atoms with van der Waals surface area (Å²) >= 11 is 6.27. The zero-order valence-corrected chi connectivity index (χ0v) is 18.0. The van der Waals surface area contributed by atoms with Crippen molar-refractivity contribution in [3.8, 4) is 11.5 Å². The Labute approximate surface area is 181 Å². The van der Waals surface area contributed by atoms with E-state index in [1.165, 1.54) is 13.2 Å². The van der Waals surface area contributed by atoms with Crippen molar-refractivity contribution in [2.45, 2.75) is 26.7 Å². The molecule has 0 spiro atoms. The van der Waals surface area contributed by atoms with Crippen molar-refractivity contribution in [1.29, 1.82) is 0 Å². The van der Waals surface area contributed by atoms with Gasteiger partial charge in [-0.2, -0.15) is 0 Å². The molecule has 7 heteroatoms. The van der Waals surface area contributed by atoms with Crippen molar-refractivity contribution in [1.82, 2.24) is 0 Å². The molecule has 158 valence electrons. The number of amides is 2. The number of halogens is 1. The predicted molar refractivity (Wildman–Crippen MR) is 119 cm³/mol. The van der Waals surface area contributed by atoms with Crippen LogP contribution in [0.5, 0.6) is 11.5 Å². The predicted octanol–water partition coefficient (Wildman–Crippen LogP) is 5.06. The summed E-state index contributed by atoms with van der Waals surface area (Å²) in [5.74, 6) is 0.818. The molecule has 1 saturated carbocycles. The molecule has 0 atom stereocenters. The quantitative estimate of drug-likeness (QED) is 0.576. The van der Waals surface area contributed by atoms with Gasteiger partial charge in [0.2, 0.25) is 11.8 Å². The summed E-state index contributed by atoms with van der Waals surface area (Å²) in [6.07, 6.45) is 4.94. The van der Waals surface area contributed by atoms with E-state index in [9.17, 15) is 9.59 Å². The van der Waals surface area contributed by atoms with Gasteiger partial charge in [0.15, 0.2) is 11.5 Å². The lowest BCUT2D eigenvalue weighted by molar-refractivity contribution is -0.117. The van der Waals surface area contributed by atoms with Crippen LogP contribution in [0.4, 0.5) is 11.4 Å². The van der Waals surface area contributed by atoms with Crippen molar-refractivity contribution in [3.63, 3.8) is 0 Å². The van der Waals surface area contributed by atoms with Gasteiger partial charge in [0, 0.05) is 23.4 Å². The molecule has 0 aliphatic heterocycles. The van der Waals surface area contributed by atoms with Gasteiger partial charge >= 0.3 is 0 Å². The average Bonchev–Trinajstić information content (AvgIpc) is 3.56. The molecule has 0 aromatic heterocycles. The van der Waals surface area contributed by atoms with Crippen LogP contribution in [0.25, 0.3) is 6.08 Å². The third kappa shape index (κ3) is 5.54. The Morgan fingerprint density at radius 3 is 2.63 bits per heavy atom. The van der Waals surface area contributed by atoms with Gasteiger partial charge in [-0.05, 0) is 68.2 Å². The van der Waals surface area contributed by atoms with Crippen molar-refractivity contribution in [3.05, 3.63) is 52.6 Å². The highest BCUT2D eigenvalue weighted by atomic mass is 35.5. The molecule has 0 heterocycles. The van der Waals surface area contributed by atoms with Crippen molar-refractivity contribution in [2.75, 3.05) is 24.4 Å². The van der Waals surface area contributed by atoms with Crippen molar-refractivity contribution in [2.24, 2.45) is 5.92 Å². The molecule has 6 nitrogen and oxygen atoms in total. The lowest BCUT2D eigenvalue weighted by Crippen LogP contribution is -2.14. The smallest absolute Gasteiger partial charge is 0.248 e. The molecule has 3 rings (SSSR count). The number of ether oxygens (including phenoxy) is 2. The highest BCUT2D eigenvalue weighted by molar-refractivity contribution is 6.32. The molecule has 0 saturated heterocycles. The van der Waals surface area contributed by atoms with Gasteiger partial charge in [-0.15, -0.1) is 0 Å². The van der Waals surface area contributed by atoms with Gasteiger partial charge in [0.1, 0.15) is 0 Å². The Morgan fingerprint density at radius 2 is 1.97 bits per heavy atom. The minimum Gasteiger partial charge on any atom is -0.493 e. The molecule has 2 amide bonds. The maximum absolute atomic E-state index is 12.4. The maximum atomic E-state index is 12.4. The summed E-state index contributed by atoms with van der Waals surface area (Å²) in [4.78, 5) is 24.4. The molecule has 1 fully saturated rings. The maximum Gasteiger partial charge on any atom is 0.248 e. The topological polar surface area (TPSA) is 76.7 Å². The zero-order valence-electron chi connectivity index (χ0n) is 17.3. The number of benzene rings is 2. The summed E-state index contributed by atoms with van der Waals surface area (Å²) in [5.41, 5.74) is 2.91. The molecule has 2 N–H and O–H groups in total. The first-order chi connectivity index (χ1) is 14.4. The molecular formula is C23H25ClN2O4. The minimum absolute atomic E-state index is 0.0253. The second-order valence-corrected chi connectivity index (χ2v) is 7.49. The molecular weight excluding hydrogens is 404 g/mol. The normalized spacial score (nSPS) is 13.2. The lowest BCUT2D eigenvalue weighted by atomic mass is 10.1. The van der Waals surface area contributed by atoms with Crippen LogP contribution >= 0.6 is 11.6 Å². The minimum atomic E-state index is -0.298. The van der Waals surface area contributed by atoms with Crippen LogP contribution in [-0.4, -0.2) is 25.5 Å². The molecule has 0 unspecified atom stereocenters. The van der Waals surface area contributed by atoms with E-state index in [1.807, 2.05) is 26.0 Å². The monoisotopic (exact) mass is 428 g/mol. The van der Waals surface area contributed by atoms with Gasteiger partial charge in [0.25, 0.3) is 0 Å². The Bertz CT molecular complexity index is 983. The van der Waals surface area contributed by atoms with E-state index >= 15 is 0 Å². The first-order valence-corrected chi connectivity index (χ1v) is 10.2. The number of hydrogen-bond acceptors (Lipinski definition) is 4. The van der Waals surface area contributed by atoms with E-state index in [2.05, 4.69) is 10.6 Å². The third-order valence-electron chi connectivity index (χ3n) is 4.68. The van der Waals surface area contributed by atoms with E-state index in [0.29, 0.717) is 40.1 Å². The summed E-state index contributed by atoms with van der Waals surface area (Å²) in [7, 11) is 1.53. The van der Waals surface area contributed by atoms with Crippen molar-refractivity contribution >= 4 is 40.9 Å². The number of methoxy groups -OCH3 is 1. The van der Waals surface area contributed by atoms with Gasteiger partial charge in [-0.1, -0.05) is 17.7 Å². The van der Waals surface area contributed by atoms with E-state index in [4.69, 9.17) is 21.1 Å². The third-order valence-corrected chi connectivity index (χ3v) is 4.96. The number of carbonyl (C=O) groups is 2. The number of anilines is 2. The van der Waals surface area contributed by atoms with Crippen LogP contribution in [-0.2, 0) is 9.59 Å². The largest absolute Gasteiger partial charge is 0.493 e. The summed E-state index contributed by atoms with van der Waals surface area (Å²) in [6, 6.07) is 8.91. The molecule has 2 aromatic rings. The number of nitrogens with one attached hydrogen (secondary N) is 2. The fraction of sp³-hybridized carbons (Fsp3) is 0.304. The first-order valence-electron chi connectivity index (χ1n) is 9.82. The molecule has 1 aliphatic carbocycles. The number of carbonyl (C=O) groups excluding carboxylic acids is 2. The van der Waals surface area contributed by atoms with Gasteiger partial charge in [-0.25, -0.2) is 0 Å². The highest BCUT2D eigenvalue weighted by Gasteiger charge is 2.29. The van der Waals surface area contributed by atoms with Crippen LogP contribution in [0.2, 0.25) is 5.02 Å². The molecule has 30 heavy (non-hydrogen) atoms. The zero-order chi connectivity index (χ0) is 21.7. The Morgan fingerprint density at radius 1 is 1.20 bits per heavy atom. The fourth-order valence-electron chi connectivity index (χ4n) is 2.89. The van der Waals surface area contributed by atoms with Crippen LogP contribution in [0.3, 0.4) is 0 Å². The standard InChI is InChI=1S/C23H25ClN2O4/c1-4-30-22-18(24)11-15(12-20(22)29-3)6-10-21(27)26-19-13-17(9-5-14(19)2)25-23(28)16-7-8-16/h5-6,9-13,16H,4,7-8H2,1-3H3,(H,25,28)(H,26,27)/b10-6+. The Kier molecular flexibility index (Phi) is 7.00. The van der Waals surface area contributed by atoms with Gasteiger partial charge in [0.05, 0.1) is 18.7 Å². The number of rotatable bonds is 8. The second kappa shape index (κ2) is 9.67. The van der Waals surface area contributed by atoms with Crippen LogP contribution in [0, 0.1) is 12.8 Å². The van der Waals surface area contributed by atoms with Gasteiger partial charge < -0.3 is 20.1 Å². The molecule has 0 radical (unpaired) electrons. The number of hydrogen-bond donors (Lipinski definition) is 2. The molecule has 2 aromatic carbocycles. The first kappa shape index (κ1) is 21.7. The van der Waals surface area contributed by atoms with Crippen LogP contribution in [0.1, 0.15) is 30.9 Å². The Hall–Kier alpha value is -2.99. The lowest BCUT2D eigenvalue weighted by Gasteiger charge is -2.12. The highest BCUT2D eigenvalue weighted by Crippen LogP contribution is 2.36. The summed E-state index contributed by atoms with van der Waals surface area (Å²) in [6.45, 7) is 4.22. The van der Waals surface area contributed by atoms with E-state index < -0.39 is 0 Å². The van der Waals surface area contributed by atoms with E-state index in [-0.39, 0.29) is 17.7 Å². The molecule has 1 aliphatic rings. The number of aryl methyl sites for hydroxylation is 1. The van der Waals surface area contributed by atoms with Crippen LogP contribution in [0.15, 0.2) is 36.4 Å². The van der Waals surface area contributed by atoms with Gasteiger partial charge in [-0.3, -0.25) is 9.59 Å². The van der Waals surface area contributed by atoms with Crippen LogP contribution < -0.4 is 20.1 Å².